The number of benzene rings is 1. The van der Waals surface area contributed by atoms with Gasteiger partial charge in [0.15, 0.2) is 5.69 Å². The Hall–Kier alpha value is -2.29. The van der Waals surface area contributed by atoms with Crippen molar-refractivity contribution in [3.63, 3.8) is 0 Å². The van der Waals surface area contributed by atoms with Crippen molar-refractivity contribution in [2.24, 2.45) is 11.8 Å². The van der Waals surface area contributed by atoms with Crippen LogP contribution in [-0.2, 0) is 24.2 Å². The molecule has 218 valence electrons. The molecule has 1 amide bonds. The Morgan fingerprint density at radius 2 is 1.95 bits per heavy atom. The van der Waals surface area contributed by atoms with Gasteiger partial charge in [0, 0.05) is 24.7 Å². The molecule has 0 aliphatic heterocycles. The van der Waals surface area contributed by atoms with E-state index in [4.69, 9.17) is 16.2 Å². The number of hydrogen-bond donors (Lipinski definition) is 3. The first-order chi connectivity index (χ1) is 18.3. The van der Waals surface area contributed by atoms with E-state index in [1.54, 1.807) is 6.92 Å². The van der Waals surface area contributed by atoms with Gasteiger partial charge in [-0.25, -0.2) is 8.93 Å². The Bertz CT molecular complexity index is 1170. The molecular weight excluding hydrogens is 571 g/mol. The Morgan fingerprint density at radius 3 is 2.51 bits per heavy atom. The average Bonchev–Trinajstić information content (AvgIpc) is 3.18. The Balaban J connectivity index is 1.81. The van der Waals surface area contributed by atoms with E-state index >= 15 is 0 Å². The summed E-state index contributed by atoms with van der Waals surface area (Å²) >= 11 is 4.44. The summed E-state index contributed by atoms with van der Waals surface area (Å²) in [6.07, 6.45) is -2.09. The molecular formula is C24H30ClF5N4O4S. The summed E-state index contributed by atoms with van der Waals surface area (Å²) < 4.78 is 93.9. The van der Waals surface area contributed by atoms with Crippen molar-refractivity contribution in [1.29, 1.82) is 0 Å². The first kappa shape index (κ1) is 31.2. The molecule has 1 aromatic heterocycles. The Labute approximate surface area is 230 Å². The number of halogens is 6. The SMILES string of the molecule is CCn1nc(C(=O)NCC2CCC(NS(=O)O)CC2)c(Cl)c1-c1ccc(C[C@@H](C)C(F)(F)F)cc1OC(F)F. The van der Waals surface area contributed by atoms with Crippen LogP contribution in [0.15, 0.2) is 18.2 Å². The molecule has 39 heavy (non-hydrogen) atoms. The lowest BCUT2D eigenvalue weighted by atomic mass is 9.86. The van der Waals surface area contributed by atoms with Crippen LogP contribution in [0.1, 0.15) is 55.6 Å². The third kappa shape index (κ3) is 8.35. The molecule has 1 aliphatic carbocycles. The summed E-state index contributed by atoms with van der Waals surface area (Å²) in [4.78, 5) is 12.9. The molecule has 2 atom stereocenters. The van der Waals surface area contributed by atoms with Crippen LogP contribution >= 0.6 is 11.6 Å². The van der Waals surface area contributed by atoms with Crippen molar-refractivity contribution in [1.82, 2.24) is 19.8 Å². The number of aromatic nitrogens is 2. The van der Waals surface area contributed by atoms with E-state index in [0.717, 1.165) is 25.8 Å². The summed E-state index contributed by atoms with van der Waals surface area (Å²) in [7, 11) is 0. The van der Waals surface area contributed by atoms with E-state index < -0.39 is 42.3 Å². The topological polar surface area (TPSA) is 105 Å². The van der Waals surface area contributed by atoms with Crippen LogP contribution in [0, 0.1) is 11.8 Å². The molecule has 0 saturated heterocycles. The quantitative estimate of drug-likeness (QED) is 0.231. The standard InChI is InChI=1S/C24H30ClF5N4O4S/c1-3-34-21(17-9-6-15(10-13(2)24(28,29)30)11-18(17)38-23(26)27)19(25)20(32-34)22(35)31-12-14-4-7-16(8-5-14)33-39(36)37/h6,9,11,13-14,16,23,33H,3-5,7-8,10,12H2,1-2H3,(H,31,35)(H,36,37)/t13-,14?,16?/m1/s1. The molecule has 2 aromatic rings. The van der Waals surface area contributed by atoms with Crippen molar-refractivity contribution in [3.05, 3.63) is 34.5 Å². The third-order valence-corrected chi connectivity index (χ3v) is 7.59. The predicted molar refractivity (Wildman–Crippen MR) is 136 cm³/mol. The summed E-state index contributed by atoms with van der Waals surface area (Å²) in [5.41, 5.74) is 0.200. The molecule has 3 N–H and O–H groups in total. The van der Waals surface area contributed by atoms with Gasteiger partial charge in [0.1, 0.15) is 5.75 Å². The number of amides is 1. The molecule has 3 rings (SSSR count). The van der Waals surface area contributed by atoms with Crippen molar-refractivity contribution >= 4 is 28.8 Å². The third-order valence-electron chi connectivity index (χ3n) is 6.69. The van der Waals surface area contributed by atoms with Gasteiger partial charge in [0.05, 0.1) is 16.6 Å². The van der Waals surface area contributed by atoms with Crippen molar-refractivity contribution < 1.29 is 40.2 Å². The molecule has 0 radical (unpaired) electrons. The van der Waals surface area contributed by atoms with Crippen molar-refractivity contribution in [2.45, 2.75) is 71.3 Å². The highest BCUT2D eigenvalue weighted by molar-refractivity contribution is 7.77. The maximum atomic E-state index is 13.2. The smallest absolute Gasteiger partial charge is 0.391 e. The first-order valence-electron chi connectivity index (χ1n) is 12.4. The zero-order valence-corrected chi connectivity index (χ0v) is 22.8. The van der Waals surface area contributed by atoms with E-state index in [9.17, 15) is 31.0 Å². The number of aryl methyl sites for hydroxylation is 1. The van der Waals surface area contributed by atoms with Gasteiger partial charge in [0.2, 0.25) is 11.3 Å². The first-order valence-corrected chi connectivity index (χ1v) is 13.8. The number of carbonyl (C=O) groups excluding carboxylic acids is 1. The normalized spacial score (nSPS) is 19.6. The molecule has 1 saturated carbocycles. The number of nitrogens with one attached hydrogen (secondary N) is 2. The highest BCUT2D eigenvalue weighted by Crippen LogP contribution is 2.39. The van der Waals surface area contributed by atoms with Gasteiger partial charge >= 0.3 is 12.8 Å². The second-order valence-corrected chi connectivity index (χ2v) is 10.6. The van der Waals surface area contributed by atoms with E-state index in [0.29, 0.717) is 19.4 Å². The van der Waals surface area contributed by atoms with E-state index in [-0.39, 0.29) is 51.8 Å². The molecule has 1 aliphatic rings. The number of carbonyl (C=O) groups is 1. The summed E-state index contributed by atoms with van der Waals surface area (Å²) in [6, 6.07) is 3.74. The van der Waals surface area contributed by atoms with Crippen LogP contribution in [0.25, 0.3) is 11.3 Å². The minimum atomic E-state index is -4.45. The molecule has 1 aromatic carbocycles. The number of rotatable bonds is 11. The van der Waals surface area contributed by atoms with Gasteiger partial charge < -0.3 is 10.1 Å². The molecule has 1 heterocycles. The molecule has 1 fully saturated rings. The number of alkyl halides is 5. The minimum Gasteiger partial charge on any atom is -0.434 e. The fourth-order valence-corrected chi connectivity index (χ4v) is 5.41. The van der Waals surface area contributed by atoms with Crippen molar-refractivity contribution in [3.8, 4) is 17.0 Å². The fourth-order valence-electron chi connectivity index (χ4n) is 4.57. The number of ether oxygens (including phenoxy) is 1. The van der Waals surface area contributed by atoms with Gasteiger partial charge in [0.25, 0.3) is 5.91 Å². The van der Waals surface area contributed by atoms with E-state index in [1.165, 1.54) is 16.8 Å². The fraction of sp³-hybridized carbons (Fsp3) is 0.583. The van der Waals surface area contributed by atoms with Crippen molar-refractivity contribution in [2.75, 3.05) is 6.54 Å². The second kappa shape index (κ2) is 13.4. The maximum Gasteiger partial charge on any atom is 0.391 e. The highest BCUT2D eigenvalue weighted by Gasteiger charge is 2.36. The van der Waals surface area contributed by atoms with Gasteiger partial charge in [-0.2, -0.15) is 27.1 Å². The molecule has 15 heteroatoms. The zero-order valence-electron chi connectivity index (χ0n) is 21.2. The highest BCUT2D eigenvalue weighted by atomic mass is 35.5. The van der Waals surface area contributed by atoms with Crippen LogP contribution in [0.4, 0.5) is 22.0 Å². The predicted octanol–water partition coefficient (Wildman–Crippen LogP) is 5.58. The summed E-state index contributed by atoms with van der Waals surface area (Å²) in [5.74, 6) is -2.51. The lowest BCUT2D eigenvalue weighted by Gasteiger charge is -2.28. The maximum absolute atomic E-state index is 13.2. The number of nitrogens with zero attached hydrogens (tertiary/aromatic N) is 2. The van der Waals surface area contributed by atoms with Crippen LogP contribution in [0.2, 0.25) is 5.02 Å². The average molecular weight is 601 g/mol. The number of hydrogen-bond acceptors (Lipinski definition) is 4. The summed E-state index contributed by atoms with van der Waals surface area (Å²) in [6.45, 7) is -0.0132. The van der Waals surface area contributed by atoms with E-state index in [1.807, 2.05) is 0 Å². The lowest BCUT2D eigenvalue weighted by Crippen LogP contribution is -2.37. The van der Waals surface area contributed by atoms with Crippen LogP contribution < -0.4 is 14.8 Å². The van der Waals surface area contributed by atoms with Crippen LogP contribution in [0.5, 0.6) is 5.75 Å². The minimum absolute atomic E-state index is 0.0594. The van der Waals surface area contributed by atoms with Gasteiger partial charge in [-0.15, -0.1) is 0 Å². The largest absolute Gasteiger partial charge is 0.434 e. The Morgan fingerprint density at radius 1 is 1.28 bits per heavy atom. The monoisotopic (exact) mass is 600 g/mol. The molecule has 0 bridgehead atoms. The van der Waals surface area contributed by atoms with Crippen LogP contribution in [0.3, 0.4) is 0 Å². The lowest BCUT2D eigenvalue weighted by molar-refractivity contribution is -0.169. The molecule has 0 spiro atoms. The van der Waals surface area contributed by atoms with E-state index in [2.05, 4.69) is 19.9 Å². The van der Waals surface area contributed by atoms with Crippen LogP contribution in [-0.4, -0.2) is 49.8 Å². The molecule has 8 nitrogen and oxygen atoms in total. The summed E-state index contributed by atoms with van der Waals surface area (Å²) in [5, 5.41) is 6.92. The van der Waals surface area contributed by atoms with Gasteiger partial charge in [-0.1, -0.05) is 24.6 Å². The van der Waals surface area contributed by atoms with Gasteiger partial charge in [-0.05, 0) is 62.6 Å². The molecule has 1 unspecified atom stereocenters. The zero-order chi connectivity index (χ0) is 28.9. The second-order valence-electron chi connectivity index (χ2n) is 9.48. The Kier molecular flexibility index (Phi) is 10.7. The van der Waals surface area contributed by atoms with Gasteiger partial charge in [-0.3, -0.25) is 14.0 Å².